The molecule has 2 aliphatic rings. The van der Waals surface area contributed by atoms with Gasteiger partial charge < -0.3 is 9.64 Å². The summed E-state index contributed by atoms with van der Waals surface area (Å²) < 4.78 is 6.92. The second kappa shape index (κ2) is 7.91. The summed E-state index contributed by atoms with van der Waals surface area (Å²) in [6.45, 7) is 5.35. The van der Waals surface area contributed by atoms with Crippen LogP contribution in [-0.2, 0) is 4.74 Å². The fraction of sp³-hybridized carbons (Fsp3) is 0.429. The molecule has 0 spiro atoms. The number of benzene rings is 1. The summed E-state index contributed by atoms with van der Waals surface area (Å²) in [5.74, 6) is 0.147. The number of piperazine rings is 1. The Morgan fingerprint density at radius 2 is 1.96 bits per heavy atom. The molecule has 28 heavy (non-hydrogen) atoms. The topological polar surface area (TPSA) is 45.7 Å². The molecule has 1 unspecified atom stereocenters. The van der Waals surface area contributed by atoms with Gasteiger partial charge in [-0.15, -0.1) is 22.7 Å². The first-order chi connectivity index (χ1) is 13.8. The van der Waals surface area contributed by atoms with Crippen LogP contribution in [0, 0.1) is 0 Å². The van der Waals surface area contributed by atoms with E-state index in [1.54, 1.807) is 22.7 Å². The number of nitrogens with zero attached hydrogens (tertiary/aromatic N) is 3. The number of hydrogen-bond acceptors (Lipinski definition) is 6. The minimum Gasteiger partial charge on any atom is -0.377 e. The van der Waals surface area contributed by atoms with E-state index in [0.717, 1.165) is 59.6 Å². The van der Waals surface area contributed by atoms with Crippen LogP contribution in [0.5, 0.6) is 0 Å². The van der Waals surface area contributed by atoms with Gasteiger partial charge in [-0.25, -0.2) is 4.98 Å². The normalized spacial score (nSPS) is 20.9. The Morgan fingerprint density at radius 1 is 1.11 bits per heavy atom. The Bertz CT molecular complexity index is 936. The van der Waals surface area contributed by atoms with Crippen LogP contribution in [0.4, 0.5) is 0 Å². The molecule has 2 fully saturated rings. The number of fused-ring (bicyclic) bond motifs is 1. The van der Waals surface area contributed by atoms with Gasteiger partial charge in [0.2, 0.25) is 0 Å². The smallest absolute Gasteiger partial charge is 0.264 e. The van der Waals surface area contributed by atoms with E-state index in [2.05, 4.69) is 11.0 Å². The number of thiazole rings is 1. The Hall–Kier alpha value is -1.80. The van der Waals surface area contributed by atoms with Crippen LogP contribution in [0.15, 0.2) is 36.4 Å². The highest BCUT2D eigenvalue weighted by Crippen LogP contribution is 2.34. The number of aromatic nitrogens is 1. The zero-order valence-electron chi connectivity index (χ0n) is 15.7. The predicted molar refractivity (Wildman–Crippen MR) is 114 cm³/mol. The van der Waals surface area contributed by atoms with Gasteiger partial charge in [0.15, 0.2) is 0 Å². The number of hydrogen-bond donors (Lipinski definition) is 0. The van der Waals surface area contributed by atoms with Gasteiger partial charge in [0.25, 0.3) is 5.91 Å². The van der Waals surface area contributed by atoms with Crippen LogP contribution >= 0.6 is 22.7 Å². The average Bonchev–Trinajstić information content (AvgIpc) is 3.47. The van der Waals surface area contributed by atoms with Crippen molar-refractivity contribution in [3.63, 3.8) is 0 Å². The minimum atomic E-state index is 0.147. The van der Waals surface area contributed by atoms with Crippen LogP contribution < -0.4 is 0 Å². The van der Waals surface area contributed by atoms with Gasteiger partial charge in [-0.05, 0) is 37.1 Å². The summed E-state index contributed by atoms with van der Waals surface area (Å²) in [5, 5.41) is 0.992. The summed E-state index contributed by atoms with van der Waals surface area (Å²) >= 11 is 3.24. The molecule has 0 aliphatic carbocycles. The van der Waals surface area contributed by atoms with E-state index >= 15 is 0 Å². The molecule has 5 rings (SSSR count). The Morgan fingerprint density at radius 3 is 2.75 bits per heavy atom. The number of para-hydroxylation sites is 1. The molecule has 2 saturated heterocycles. The summed E-state index contributed by atoms with van der Waals surface area (Å²) in [4.78, 5) is 24.0. The lowest BCUT2D eigenvalue weighted by Gasteiger charge is -2.35. The molecule has 7 heteroatoms. The van der Waals surface area contributed by atoms with Crippen molar-refractivity contribution < 1.29 is 9.53 Å². The molecule has 1 aromatic carbocycles. The van der Waals surface area contributed by atoms with Crippen LogP contribution in [0.2, 0.25) is 0 Å². The molecule has 0 saturated carbocycles. The first-order valence-electron chi connectivity index (χ1n) is 9.85. The van der Waals surface area contributed by atoms with E-state index in [1.165, 1.54) is 17.5 Å². The van der Waals surface area contributed by atoms with Gasteiger partial charge in [0.05, 0.1) is 26.1 Å². The largest absolute Gasteiger partial charge is 0.377 e. The zero-order valence-corrected chi connectivity index (χ0v) is 17.3. The third kappa shape index (κ3) is 3.72. The second-order valence-electron chi connectivity index (χ2n) is 7.38. The molecule has 0 radical (unpaired) electrons. The number of rotatable bonds is 4. The SMILES string of the molecule is O=C(c1ccc(-c2nc3ccccc3s2)s1)N1CCN(CC2CCCO2)CC1. The first kappa shape index (κ1) is 18.2. The van der Waals surface area contributed by atoms with Crippen molar-refractivity contribution >= 4 is 38.8 Å². The van der Waals surface area contributed by atoms with Crippen molar-refractivity contribution in [1.29, 1.82) is 0 Å². The molecule has 2 aromatic heterocycles. The van der Waals surface area contributed by atoms with Crippen LogP contribution in [0.1, 0.15) is 22.5 Å². The molecule has 4 heterocycles. The molecular formula is C21H23N3O2S2. The Kier molecular flexibility index (Phi) is 5.15. The van der Waals surface area contributed by atoms with E-state index in [-0.39, 0.29) is 5.91 Å². The quantitative estimate of drug-likeness (QED) is 0.649. The minimum absolute atomic E-state index is 0.147. The van der Waals surface area contributed by atoms with Crippen LogP contribution in [0.25, 0.3) is 20.1 Å². The fourth-order valence-corrected chi connectivity index (χ4v) is 5.91. The Labute approximate surface area is 172 Å². The Balaban J connectivity index is 1.23. The van der Waals surface area contributed by atoms with Gasteiger partial charge in [-0.2, -0.15) is 0 Å². The molecule has 2 aliphatic heterocycles. The summed E-state index contributed by atoms with van der Waals surface area (Å²) in [6, 6.07) is 12.1. The maximum Gasteiger partial charge on any atom is 0.264 e. The summed E-state index contributed by atoms with van der Waals surface area (Å²) in [6.07, 6.45) is 2.73. The van der Waals surface area contributed by atoms with E-state index in [9.17, 15) is 4.79 Å². The molecule has 3 aromatic rings. The van der Waals surface area contributed by atoms with Crippen LogP contribution in [0.3, 0.4) is 0 Å². The lowest BCUT2D eigenvalue weighted by atomic mass is 10.2. The van der Waals surface area contributed by atoms with Crippen molar-refractivity contribution in [3.8, 4) is 9.88 Å². The fourth-order valence-electron chi connectivity index (χ4n) is 3.91. The van der Waals surface area contributed by atoms with Crippen LogP contribution in [-0.4, -0.2) is 66.1 Å². The predicted octanol–water partition coefficient (Wildman–Crippen LogP) is 3.96. The number of thiophene rings is 1. The maximum atomic E-state index is 12.9. The second-order valence-corrected chi connectivity index (χ2v) is 9.49. The third-order valence-electron chi connectivity index (χ3n) is 5.47. The highest BCUT2D eigenvalue weighted by molar-refractivity contribution is 7.26. The first-order valence-corrected chi connectivity index (χ1v) is 11.5. The highest BCUT2D eigenvalue weighted by Gasteiger charge is 2.26. The number of carbonyl (C=O) groups is 1. The zero-order chi connectivity index (χ0) is 18.9. The van der Waals surface area contributed by atoms with Gasteiger partial charge in [-0.3, -0.25) is 9.69 Å². The van der Waals surface area contributed by atoms with E-state index in [4.69, 9.17) is 9.72 Å². The van der Waals surface area contributed by atoms with E-state index in [0.29, 0.717) is 6.10 Å². The van der Waals surface area contributed by atoms with E-state index in [1.807, 2.05) is 35.2 Å². The summed E-state index contributed by atoms with van der Waals surface area (Å²) in [5.41, 5.74) is 1.02. The molecule has 0 bridgehead atoms. The van der Waals surface area contributed by atoms with Gasteiger partial charge >= 0.3 is 0 Å². The molecule has 1 amide bonds. The van der Waals surface area contributed by atoms with Gasteiger partial charge in [-0.1, -0.05) is 12.1 Å². The molecule has 146 valence electrons. The lowest BCUT2D eigenvalue weighted by molar-refractivity contribution is 0.0435. The third-order valence-corrected chi connectivity index (χ3v) is 7.75. The highest BCUT2D eigenvalue weighted by atomic mass is 32.1. The van der Waals surface area contributed by atoms with Crippen molar-refractivity contribution in [3.05, 3.63) is 41.3 Å². The van der Waals surface area contributed by atoms with E-state index < -0.39 is 0 Å². The van der Waals surface area contributed by atoms with Crippen molar-refractivity contribution in [2.45, 2.75) is 18.9 Å². The standard InChI is InChI=1S/C21H23N3O2S2/c25-21(24-11-9-23(10-12-24)14-15-4-3-13-26-15)19-8-7-18(27-19)20-22-16-5-1-2-6-17(16)28-20/h1-2,5-8,15H,3-4,9-14H2. The number of carbonyl (C=O) groups excluding carboxylic acids is 1. The molecular weight excluding hydrogens is 390 g/mol. The molecule has 1 atom stereocenters. The van der Waals surface area contributed by atoms with Gasteiger partial charge in [0, 0.05) is 39.3 Å². The monoisotopic (exact) mass is 413 g/mol. The molecule has 0 N–H and O–H groups in total. The van der Waals surface area contributed by atoms with Gasteiger partial charge in [0.1, 0.15) is 5.01 Å². The lowest BCUT2D eigenvalue weighted by Crippen LogP contribution is -2.50. The van der Waals surface area contributed by atoms with Crippen molar-refractivity contribution in [2.24, 2.45) is 0 Å². The average molecular weight is 414 g/mol. The summed E-state index contributed by atoms with van der Waals surface area (Å²) in [7, 11) is 0. The molecule has 5 nitrogen and oxygen atoms in total. The maximum absolute atomic E-state index is 12.9. The number of amides is 1. The van der Waals surface area contributed by atoms with Crippen molar-refractivity contribution in [1.82, 2.24) is 14.8 Å². The number of ether oxygens (including phenoxy) is 1. The van der Waals surface area contributed by atoms with Crippen molar-refractivity contribution in [2.75, 3.05) is 39.3 Å².